The van der Waals surface area contributed by atoms with Gasteiger partial charge in [-0.3, -0.25) is 14.6 Å². The van der Waals surface area contributed by atoms with Crippen LogP contribution in [0, 0.1) is 0 Å². The third-order valence-electron chi connectivity index (χ3n) is 1.72. The number of rotatable bonds is 3. The van der Waals surface area contributed by atoms with E-state index in [0.29, 0.717) is 10.9 Å². The highest BCUT2D eigenvalue weighted by Crippen LogP contribution is 2.39. The second-order valence-electron chi connectivity index (χ2n) is 3.09. The molecule has 1 atom stereocenters. The SMILES string of the molecule is CN=C(NP(C)(=O)Oc1ccccc1)SC. The van der Waals surface area contributed by atoms with Gasteiger partial charge in [0.2, 0.25) is 0 Å². The first-order chi connectivity index (χ1) is 7.57. The van der Waals surface area contributed by atoms with Crippen molar-refractivity contribution < 1.29 is 9.09 Å². The summed E-state index contributed by atoms with van der Waals surface area (Å²) in [5, 5.41) is 3.39. The Morgan fingerprint density at radius 1 is 1.44 bits per heavy atom. The minimum atomic E-state index is -2.91. The summed E-state index contributed by atoms with van der Waals surface area (Å²) in [6.07, 6.45) is 1.86. The van der Waals surface area contributed by atoms with Crippen LogP contribution in [-0.2, 0) is 4.57 Å². The van der Waals surface area contributed by atoms with Gasteiger partial charge in [0.05, 0.1) is 0 Å². The van der Waals surface area contributed by atoms with Crippen LogP contribution in [-0.4, -0.2) is 25.1 Å². The van der Waals surface area contributed by atoms with Gasteiger partial charge in [0.25, 0.3) is 0 Å². The molecule has 0 radical (unpaired) electrons. The fourth-order valence-corrected chi connectivity index (χ4v) is 3.13. The fourth-order valence-electron chi connectivity index (χ4n) is 1.07. The Morgan fingerprint density at radius 2 is 2.06 bits per heavy atom. The van der Waals surface area contributed by atoms with Crippen molar-refractivity contribution in [3.63, 3.8) is 0 Å². The zero-order valence-electron chi connectivity index (χ0n) is 9.51. The molecule has 0 saturated heterocycles. The van der Waals surface area contributed by atoms with Gasteiger partial charge >= 0.3 is 7.52 Å². The van der Waals surface area contributed by atoms with Crippen LogP contribution in [0.1, 0.15) is 0 Å². The number of amidine groups is 1. The lowest BCUT2D eigenvalue weighted by Crippen LogP contribution is -2.19. The lowest BCUT2D eigenvalue weighted by atomic mass is 10.3. The van der Waals surface area contributed by atoms with Crippen LogP contribution in [0.5, 0.6) is 5.75 Å². The molecule has 1 N–H and O–H groups in total. The summed E-state index contributed by atoms with van der Waals surface area (Å²) in [5.41, 5.74) is 0. The fraction of sp³-hybridized carbons (Fsp3) is 0.300. The Hall–Kier alpha value is -0.930. The molecule has 0 spiro atoms. The zero-order valence-corrected chi connectivity index (χ0v) is 11.2. The van der Waals surface area contributed by atoms with Gasteiger partial charge in [0, 0.05) is 13.7 Å². The van der Waals surface area contributed by atoms with Gasteiger partial charge in [-0.15, -0.1) is 0 Å². The van der Waals surface area contributed by atoms with Crippen LogP contribution in [0.25, 0.3) is 0 Å². The minimum Gasteiger partial charge on any atom is -0.429 e. The van der Waals surface area contributed by atoms with Gasteiger partial charge in [0.15, 0.2) is 5.17 Å². The van der Waals surface area contributed by atoms with Crippen LogP contribution in [0.15, 0.2) is 35.3 Å². The summed E-state index contributed by atoms with van der Waals surface area (Å²) in [7, 11) is -1.27. The van der Waals surface area contributed by atoms with Crippen LogP contribution in [0.4, 0.5) is 0 Å². The van der Waals surface area contributed by atoms with Gasteiger partial charge in [-0.1, -0.05) is 30.0 Å². The molecular formula is C10H15N2O2PS. The molecular weight excluding hydrogens is 243 g/mol. The van der Waals surface area contributed by atoms with Gasteiger partial charge < -0.3 is 4.52 Å². The van der Waals surface area contributed by atoms with Gasteiger partial charge in [-0.05, 0) is 18.4 Å². The third-order valence-corrected chi connectivity index (χ3v) is 3.72. The van der Waals surface area contributed by atoms with Crippen molar-refractivity contribution in [3.05, 3.63) is 30.3 Å². The molecule has 16 heavy (non-hydrogen) atoms. The molecule has 0 bridgehead atoms. The topological polar surface area (TPSA) is 50.7 Å². The van der Waals surface area contributed by atoms with E-state index in [9.17, 15) is 4.57 Å². The number of thioether (sulfide) groups is 1. The first-order valence-corrected chi connectivity index (χ1v) is 7.98. The standard InChI is InChI=1S/C10H15N2O2PS/c1-11-10(16-3)12-15(2,13)14-9-7-5-4-6-8-9/h4-8H,1-3H3,(H,11,12,13). The van der Waals surface area contributed by atoms with E-state index >= 15 is 0 Å². The summed E-state index contributed by atoms with van der Waals surface area (Å²) in [6.45, 7) is 1.53. The molecule has 1 aromatic rings. The highest BCUT2D eigenvalue weighted by atomic mass is 32.2. The molecule has 1 aromatic carbocycles. The predicted molar refractivity (Wildman–Crippen MR) is 70.6 cm³/mol. The van der Waals surface area contributed by atoms with Crippen molar-refractivity contribution in [2.24, 2.45) is 4.99 Å². The van der Waals surface area contributed by atoms with Gasteiger partial charge in [-0.2, -0.15) is 0 Å². The number of para-hydroxylation sites is 1. The number of nitrogens with one attached hydrogen (secondary N) is 1. The molecule has 1 rings (SSSR count). The van der Waals surface area contributed by atoms with Gasteiger partial charge in [-0.25, -0.2) is 0 Å². The van der Waals surface area contributed by atoms with Crippen molar-refractivity contribution in [1.29, 1.82) is 0 Å². The van der Waals surface area contributed by atoms with E-state index in [1.807, 2.05) is 24.5 Å². The summed E-state index contributed by atoms with van der Waals surface area (Å²) < 4.78 is 17.5. The normalized spacial score (nSPS) is 15.3. The largest absolute Gasteiger partial charge is 0.429 e. The average Bonchev–Trinajstić information content (AvgIpc) is 2.26. The highest BCUT2D eigenvalue weighted by molar-refractivity contribution is 8.13. The Labute approximate surface area is 100 Å². The Kier molecular flexibility index (Phi) is 4.90. The first kappa shape index (κ1) is 13.1. The summed E-state index contributed by atoms with van der Waals surface area (Å²) in [5.74, 6) is 0.581. The quantitative estimate of drug-likeness (QED) is 0.514. The maximum atomic E-state index is 12.1. The molecule has 0 heterocycles. The second-order valence-corrected chi connectivity index (χ2v) is 5.99. The van der Waals surface area contributed by atoms with Crippen molar-refractivity contribution in [2.45, 2.75) is 0 Å². The van der Waals surface area contributed by atoms with Crippen molar-refractivity contribution in [1.82, 2.24) is 5.09 Å². The molecule has 0 saturated carbocycles. The third kappa shape index (κ3) is 4.29. The number of hydrogen-bond donors (Lipinski definition) is 1. The van der Waals surface area contributed by atoms with E-state index in [1.165, 1.54) is 18.4 Å². The van der Waals surface area contributed by atoms with Crippen LogP contribution < -0.4 is 9.61 Å². The molecule has 0 fully saturated rings. The molecule has 88 valence electrons. The van der Waals surface area contributed by atoms with Crippen LogP contribution >= 0.6 is 19.3 Å². The van der Waals surface area contributed by atoms with E-state index in [2.05, 4.69) is 10.1 Å². The zero-order chi connectivity index (χ0) is 12.0. The minimum absolute atomic E-state index is 0.581. The maximum Gasteiger partial charge on any atom is 0.339 e. The van der Waals surface area contributed by atoms with Gasteiger partial charge in [0.1, 0.15) is 5.75 Å². The van der Waals surface area contributed by atoms with Crippen molar-refractivity contribution in [3.8, 4) is 5.75 Å². The smallest absolute Gasteiger partial charge is 0.339 e. The number of benzene rings is 1. The molecule has 4 nitrogen and oxygen atoms in total. The van der Waals surface area contributed by atoms with E-state index < -0.39 is 7.52 Å². The molecule has 0 aliphatic heterocycles. The maximum absolute atomic E-state index is 12.1. The molecule has 1 unspecified atom stereocenters. The van der Waals surface area contributed by atoms with E-state index in [0.717, 1.165) is 0 Å². The van der Waals surface area contributed by atoms with Crippen molar-refractivity contribution in [2.75, 3.05) is 20.0 Å². The van der Waals surface area contributed by atoms with E-state index in [1.54, 1.807) is 19.2 Å². The van der Waals surface area contributed by atoms with E-state index in [-0.39, 0.29) is 0 Å². The van der Waals surface area contributed by atoms with Crippen molar-refractivity contribution >= 4 is 24.4 Å². The number of nitrogens with zero attached hydrogens (tertiary/aromatic N) is 1. The second kappa shape index (κ2) is 5.97. The summed E-state index contributed by atoms with van der Waals surface area (Å²) in [4.78, 5) is 3.95. The molecule has 0 amide bonds. The number of hydrogen-bond acceptors (Lipinski definition) is 4. The summed E-state index contributed by atoms with van der Waals surface area (Å²) >= 11 is 1.39. The Morgan fingerprint density at radius 3 is 2.56 bits per heavy atom. The Bertz CT molecular complexity index is 409. The van der Waals surface area contributed by atoms with E-state index in [4.69, 9.17) is 4.52 Å². The lowest BCUT2D eigenvalue weighted by Gasteiger charge is -2.17. The van der Waals surface area contributed by atoms with Crippen LogP contribution in [0.2, 0.25) is 0 Å². The first-order valence-electron chi connectivity index (χ1n) is 4.68. The monoisotopic (exact) mass is 258 g/mol. The lowest BCUT2D eigenvalue weighted by molar-refractivity contribution is 0.484. The van der Waals surface area contributed by atoms with Crippen LogP contribution in [0.3, 0.4) is 0 Å². The molecule has 6 heteroatoms. The Balaban J connectivity index is 2.69. The number of aliphatic imine (C=N–C) groups is 1. The molecule has 0 aromatic heterocycles. The highest BCUT2D eigenvalue weighted by Gasteiger charge is 2.18. The predicted octanol–water partition coefficient (Wildman–Crippen LogP) is 2.83. The molecule has 0 aliphatic carbocycles. The summed E-state index contributed by atoms with van der Waals surface area (Å²) in [6, 6.07) is 9.07. The average molecular weight is 258 g/mol. The molecule has 0 aliphatic rings.